The smallest absolute Gasteiger partial charge is 0.339 e. The van der Waals surface area contributed by atoms with E-state index in [2.05, 4.69) is 4.74 Å². The molecule has 0 bridgehead atoms. The topological polar surface area (TPSA) is 91.3 Å². The summed E-state index contributed by atoms with van der Waals surface area (Å²) in [7, 11) is 2.39. The summed E-state index contributed by atoms with van der Waals surface area (Å²) in [4.78, 5) is 24.0. The van der Waals surface area contributed by atoms with E-state index in [4.69, 9.17) is 14.2 Å². The van der Waals surface area contributed by atoms with Gasteiger partial charge in [0.1, 0.15) is 5.75 Å². The molecule has 7 heteroatoms. The van der Waals surface area contributed by atoms with Crippen molar-refractivity contribution in [1.82, 2.24) is 0 Å². The number of carbonyl (C=O) groups is 2. The molecule has 22 heavy (non-hydrogen) atoms. The van der Waals surface area contributed by atoms with Crippen LogP contribution in [0.5, 0.6) is 17.2 Å². The average Bonchev–Trinajstić information content (AvgIpc) is 2.99. The monoisotopic (exact) mass is 304 g/mol. The van der Waals surface area contributed by atoms with Gasteiger partial charge >= 0.3 is 11.9 Å². The van der Waals surface area contributed by atoms with E-state index in [1.54, 1.807) is 6.07 Å². The van der Waals surface area contributed by atoms with E-state index < -0.39 is 11.9 Å². The number of benzene rings is 2. The summed E-state index contributed by atoms with van der Waals surface area (Å²) in [5.74, 6) is -0.788. The standard InChI is InChI=1S/C15H12O7/c1-19-14(17)9-3-10(16)7-4-11-12(22-6-21-11)5-8(7)13(9)15(18)20-2/h3-5,16H,6H2,1-2H3. The number of carbonyl (C=O) groups excluding carboxylic acids is 2. The van der Waals surface area contributed by atoms with Crippen LogP contribution in [0.1, 0.15) is 20.7 Å². The Balaban J connectivity index is 2.40. The van der Waals surface area contributed by atoms with E-state index in [9.17, 15) is 14.7 Å². The van der Waals surface area contributed by atoms with Gasteiger partial charge in [-0.05, 0) is 18.2 Å². The highest BCUT2D eigenvalue weighted by Gasteiger charge is 2.26. The van der Waals surface area contributed by atoms with Crippen molar-refractivity contribution in [2.45, 2.75) is 0 Å². The van der Waals surface area contributed by atoms with Crippen molar-refractivity contribution in [3.8, 4) is 17.2 Å². The maximum absolute atomic E-state index is 12.1. The Morgan fingerprint density at radius 3 is 2.18 bits per heavy atom. The Hall–Kier alpha value is -2.96. The van der Waals surface area contributed by atoms with Gasteiger partial charge in [0.2, 0.25) is 6.79 Å². The lowest BCUT2D eigenvalue weighted by molar-refractivity contribution is 0.0557. The predicted octanol–water partition coefficient (Wildman–Crippen LogP) is 1.85. The molecule has 1 N–H and O–H groups in total. The van der Waals surface area contributed by atoms with Crippen LogP contribution in [-0.2, 0) is 9.47 Å². The van der Waals surface area contributed by atoms with E-state index >= 15 is 0 Å². The molecule has 0 fully saturated rings. The first-order chi connectivity index (χ1) is 10.6. The van der Waals surface area contributed by atoms with Crippen LogP contribution < -0.4 is 9.47 Å². The van der Waals surface area contributed by atoms with Crippen LogP contribution in [0, 0.1) is 0 Å². The van der Waals surface area contributed by atoms with E-state index in [1.165, 1.54) is 26.4 Å². The number of hydrogen-bond acceptors (Lipinski definition) is 7. The first kappa shape index (κ1) is 14.0. The zero-order chi connectivity index (χ0) is 15.9. The Morgan fingerprint density at radius 2 is 1.59 bits per heavy atom. The summed E-state index contributed by atoms with van der Waals surface area (Å²) in [6.45, 7) is 0.0455. The fraction of sp³-hybridized carbons (Fsp3) is 0.200. The number of fused-ring (bicyclic) bond motifs is 2. The number of esters is 2. The van der Waals surface area contributed by atoms with E-state index in [0.717, 1.165) is 0 Å². The second-order valence-corrected chi connectivity index (χ2v) is 4.55. The third-order valence-electron chi connectivity index (χ3n) is 3.40. The Morgan fingerprint density at radius 1 is 1.00 bits per heavy atom. The summed E-state index contributed by atoms with van der Waals surface area (Å²) in [5.41, 5.74) is -0.0846. The van der Waals surface area contributed by atoms with Crippen LogP contribution in [0.4, 0.5) is 0 Å². The fourth-order valence-electron chi connectivity index (χ4n) is 2.39. The van der Waals surface area contributed by atoms with Gasteiger partial charge in [-0.15, -0.1) is 0 Å². The second kappa shape index (κ2) is 5.10. The van der Waals surface area contributed by atoms with Gasteiger partial charge in [-0.3, -0.25) is 0 Å². The first-order valence-electron chi connectivity index (χ1n) is 6.32. The SMILES string of the molecule is COC(=O)c1cc(O)c2cc3c(cc2c1C(=O)OC)OCO3. The van der Waals surface area contributed by atoms with Crippen LogP contribution in [-0.4, -0.2) is 38.1 Å². The van der Waals surface area contributed by atoms with Gasteiger partial charge in [0, 0.05) is 10.8 Å². The highest BCUT2D eigenvalue weighted by Crippen LogP contribution is 2.41. The molecule has 0 atom stereocenters. The highest BCUT2D eigenvalue weighted by molar-refractivity contribution is 6.14. The molecule has 2 aromatic carbocycles. The third kappa shape index (κ3) is 1.98. The predicted molar refractivity (Wildman–Crippen MR) is 74.4 cm³/mol. The molecule has 114 valence electrons. The number of ether oxygens (including phenoxy) is 4. The van der Waals surface area contributed by atoms with Crippen LogP contribution >= 0.6 is 0 Å². The molecule has 0 saturated heterocycles. The molecule has 0 aliphatic carbocycles. The lowest BCUT2D eigenvalue weighted by Crippen LogP contribution is -2.12. The van der Waals surface area contributed by atoms with Crippen molar-refractivity contribution in [1.29, 1.82) is 0 Å². The third-order valence-corrected chi connectivity index (χ3v) is 3.40. The fourth-order valence-corrected chi connectivity index (χ4v) is 2.39. The summed E-state index contributed by atoms with van der Waals surface area (Å²) in [6.07, 6.45) is 0. The molecule has 1 aliphatic heterocycles. The van der Waals surface area contributed by atoms with Crippen LogP contribution in [0.3, 0.4) is 0 Å². The lowest BCUT2D eigenvalue weighted by Gasteiger charge is -2.12. The van der Waals surface area contributed by atoms with Crippen molar-refractivity contribution >= 4 is 22.7 Å². The largest absolute Gasteiger partial charge is 0.507 e. The molecular weight excluding hydrogens is 292 g/mol. The van der Waals surface area contributed by atoms with E-state index in [1.807, 2.05) is 0 Å². The summed E-state index contributed by atoms with van der Waals surface area (Å²) in [5, 5.41) is 10.8. The number of phenols is 1. The maximum Gasteiger partial charge on any atom is 0.339 e. The number of hydrogen-bond donors (Lipinski definition) is 1. The minimum Gasteiger partial charge on any atom is -0.507 e. The first-order valence-corrected chi connectivity index (χ1v) is 6.32. The molecule has 0 spiro atoms. The minimum absolute atomic E-state index is 0.000417. The van der Waals surface area contributed by atoms with Gasteiger partial charge in [-0.25, -0.2) is 9.59 Å². The number of phenolic OH excluding ortho intramolecular Hbond substituents is 1. The van der Waals surface area contributed by atoms with Gasteiger partial charge in [0.25, 0.3) is 0 Å². The van der Waals surface area contributed by atoms with E-state index in [0.29, 0.717) is 22.3 Å². The Bertz CT molecular complexity index is 794. The van der Waals surface area contributed by atoms with Crippen molar-refractivity contribution in [3.05, 3.63) is 29.3 Å². The average molecular weight is 304 g/mol. The van der Waals surface area contributed by atoms with Gasteiger partial charge in [-0.1, -0.05) is 0 Å². The molecule has 7 nitrogen and oxygen atoms in total. The molecule has 3 rings (SSSR count). The molecule has 0 radical (unpaired) electrons. The van der Waals surface area contributed by atoms with Gasteiger partial charge in [0.05, 0.1) is 25.3 Å². The lowest BCUT2D eigenvalue weighted by atomic mass is 9.97. The van der Waals surface area contributed by atoms with Crippen LogP contribution in [0.25, 0.3) is 10.8 Å². The zero-order valence-electron chi connectivity index (χ0n) is 11.8. The molecule has 0 amide bonds. The second-order valence-electron chi connectivity index (χ2n) is 4.55. The van der Waals surface area contributed by atoms with Gasteiger partial charge in [-0.2, -0.15) is 0 Å². The maximum atomic E-state index is 12.1. The van der Waals surface area contributed by atoms with Crippen molar-refractivity contribution in [2.75, 3.05) is 21.0 Å². The molecule has 0 saturated carbocycles. The van der Waals surface area contributed by atoms with Crippen molar-refractivity contribution in [3.63, 3.8) is 0 Å². The van der Waals surface area contributed by atoms with Crippen LogP contribution in [0.2, 0.25) is 0 Å². The van der Waals surface area contributed by atoms with Gasteiger partial charge < -0.3 is 24.1 Å². The summed E-state index contributed by atoms with van der Waals surface area (Å²) < 4.78 is 19.9. The Kier molecular flexibility index (Phi) is 3.25. The summed E-state index contributed by atoms with van der Waals surface area (Å²) in [6, 6.07) is 4.24. The zero-order valence-corrected chi connectivity index (χ0v) is 11.8. The number of aromatic hydroxyl groups is 1. The van der Waals surface area contributed by atoms with Crippen molar-refractivity contribution in [2.24, 2.45) is 0 Å². The quantitative estimate of drug-likeness (QED) is 0.846. The number of methoxy groups -OCH3 is 2. The highest BCUT2D eigenvalue weighted by atomic mass is 16.7. The molecule has 2 aromatic rings. The summed E-state index contributed by atoms with van der Waals surface area (Å²) >= 11 is 0. The van der Waals surface area contributed by atoms with E-state index in [-0.39, 0.29) is 23.7 Å². The molecular formula is C15H12O7. The minimum atomic E-state index is -0.754. The molecule has 0 aromatic heterocycles. The molecule has 1 heterocycles. The van der Waals surface area contributed by atoms with Crippen LogP contribution in [0.15, 0.2) is 18.2 Å². The van der Waals surface area contributed by atoms with Gasteiger partial charge in [0.15, 0.2) is 11.5 Å². The normalized spacial score (nSPS) is 12.3. The van der Waals surface area contributed by atoms with Crippen molar-refractivity contribution < 1.29 is 33.6 Å². The number of rotatable bonds is 2. The Labute approximate surface area is 125 Å². The molecule has 1 aliphatic rings. The molecule has 0 unspecified atom stereocenters.